The Morgan fingerprint density at radius 2 is 1.94 bits per heavy atom. The van der Waals surface area contributed by atoms with Gasteiger partial charge in [-0.15, -0.1) is 0 Å². The lowest BCUT2D eigenvalue weighted by molar-refractivity contribution is -0.138. The smallest absolute Gasteiger partial charge is 0.312 e. The largest absolute Gasteiger partial charge is 0.481 e. The van der Waals surface area contributed by atoms with Gasteiger partial charge < -0.3 is 5.11 Å². The molecule has 0 aliphatic rings. The second kappa shape index (κ2) is 5.14. The molecule has 0 aliphatic carbocycles. The first-order valence-electron chi connectivity index (χ1n) is 5.38. The Hall–Kier alpha value is -1.94. The lowest BCUT2D eigenvalue weighted by atomic mass is 10.1. The Kier molecular flexibility index (Phi) is 3.58. The second-order valence-electron chi connectivity index (χ2n) is 3.90. The van der Waals surface area contributed by atoms with Crippen molar-refractivity contribution in [1.82, 2.24) is 9.97 Å². The molecule has 0 fully saturated rings. The Morgan fingerprint density at radius 1 is 1.28 bits per heavy atom. The van der Waals surface area contributed by atoms with Gasteiger partial charge in [0.05, 0.1) is 23.5 Å². The van der Waals surface area contributed by atoms with E-state index in [0.717, 1.165) is 5.56 Å². The zero-order chi connectivity index (χ0) is 13.1. The number of carbonyl (C=O) groups is 1. The fourth-order valence-electron chi connectivity index (χ4n) is 1.48. The third-order valence-corrected chi connectivity index (χ3v) is 2.86. The number of hydrogen-bond donors (Lipinski definition) is 1. The van der Waals surface area contributed by atoms with Gasteiger partial charge in [-0.05, 0) is 19.1 Å². The molecule has 0 bridgehead atoms. The van der Waals surface area contributed by atoms with Crippen LogP contribution in [0.1, 0.15) is 18.5 Å². The highest BCUT2D eigenvalue weighted by Crippen LogP contribution is 2.21. The van der Waals surface area contributed by atoms with Crippen molar-refractivity contribution in [2.75, 3.05) is 0 Å². The van der Waals surface area contributed by atoms with Crippen molar-refractivity contribution < 1.29 is 9.90 Å². The fourth-order valence-corrected chi connectivity index (χ4v) is 1.60. The molecule has 1 atom stereocenters. The van der Waals surface area contributed by atoms with Crippen LogP contribution in [0, 0.1) is 0 Å². The molecule has 1 N–H and O–H groups in total. The van der Waals surface area contributed by atoms with Gasteiger partial charge in [0.25, 0.3) is 0 Å². The molecule has 5 heteroatoms. The van der Waals surface area contributed by atoms with E-state index >= 15 is 0 Å². The van der Waals surface area contributed by atoms with Crippen molar-refractivity contribution in [3.05, 3.63) is 47.4 Å². The van der Waals surface area contributed by atoms with Crippen molar-refractivity contribution in [3.8, 4) is 11.3 Å². The van der Waals surface area contributed by atoms with Crippen molar-refractivity contribution >= 4 is 17.6 Å². The Bertz CT molecular complexity index is 569. The van der Waals surface area contributed by atoms with Crippen LogP contribution in [0.25, 0.3) is 11.3 Å². The molecule has 92 valence electrons. The molecule has 18 heavy (non-hydrogen) atoms. The molecule has 0 radical (unpaired) electrons. The Morgan fingerprint density at radius 3 is 2.56 bits per heavy atom. The molecule has 1 aromatic heterocycles. The molecular formula is C13H11ClN2O2. The molecule has 0 saturated carbocycles. The number of aromatic nitrogens is 2. The maximum atomic E-state index is 10.9. The van der Waals surface area contributed by atoms with E-state index < -0.39 is 11.9 Å². The molecule has 1 aromatic carbocycles. The first-order chi connectivity index (χ1) is 8.58. The second-order valence-corrected chi connectivity index (χ2v) is 4.33. The van der Waals surface area contributed by atoms with E-state index in [9.17, 15) is 4.79 Å². The molecule has 2 rings (SSSR count). The summed E-state index contributed by atoms with van der Waals surface area (Å²) in [4.78, 5) is 19.2. The van der Waals surface area contributed by atoms with Gasteiger partial charge in [0.15, 0.2) is 0 Å². The summed E-state index contributed by atoms with van der Waals surface area (Å²) in [5.41, 5.74) is 1.93. The number of carboxylic acid groups (broad SMARTS) is 1. The van der Waals surface area contributed by atoms with Crippen LogP contribution in [0.5, 0.6) is 0 Å². The van der Waals surface area contributed by atoms with Crippen LogP contribution >= 0.6 is 11.6 Å². The summed E-state index contributed by atoms with van der Waals surface area (Å²) in [6.45, 7) is 1.58. The third-order valence-electron chi connectivity index (χ3n) is 2.61. The summed E-state index contributed by atoms with van der Waals surface area (Å²) in [6, 6.07) is 7.15. The lowest BCUT2D eigenvalue weighted by Gasteiger charge is -2.07. The first kappa shape index (κ1) is 12.5. The highest BCUT2D eigenvalue weighted by molar-refractivity contribution is 6.30. The minimum Gasteiger partial charge on any atom is -0.481 e. The van der Waals surface area contributed by atoms with Crippen LogP contribution in [-0.4, -0.2) is 21.0 Å². The highest BCUT2D eigenvalue weighted by Gasteiger charge is 2.16. The normalized spacial score (nSPS) is 12.1. The SMILES string of the molecule is CC(C(=O)O)c1cncc(-c2ccc(Cl)cc2)n1. The van der Waals surface area contributed by atoms with Crippen LogP contribution < -0.4 is 0 Å². The van der Waals surface area contributed by atoms with Gasteiger partial charge in [-0.2, -0.15) is 0 Å². The van der Waals surface area contributed by atoms with Crippen molar-refractivity contribution in [2.24, 2.45) is 0 Å². The maximum Gasteiger partial charge on any atom is 0.312 e. The van der Waals surface area contributed by atoms with E-state index in [0.29, 0.717) is 16.4 Å². The summed E-state index contributed by atoms with van der Waals surface area (Å²) in [6.07, 6.45) is 3.07. The number of aliphatic carboxylic acids is 1. The molecule has 2 aromatic rings. The highest BCUT2D eigenvalue weighted by atomic mass is 35.5. The van der Waals surface area contributed by atoms with Crippen molar-refractivity contribution in [3.63, 3.8) is 0 Å². The van der Waals surface area contributed by atoms with Gasteiger partial charge in [-0.3, -0.25) is 9.78 Å². The molecule has 0 spiro atoms. The number of nitrogens with zero attached hydrogens (tertiary/aromatic N) is 2. The average Bonchev–Trinajstić information content (AvgIpc) is 2.38. The first-order valence-corrected chi connectivity index (χ1v) is 5.76. The van der Waals surface area contributed by atoms with Crippen LogP contribution in [0.15, 0.2) is 36.7 Å². The fraction of sp³-hybridized carbons (Fsp3) is 0.154. The number of benzene rings is 1. The standard InChI is InChI=1S/C13H11ClN2O2/c1-8(13(17)18)11-6-15-7-12(16-11)9-2-4-10(14)5-3-9/h2-8H,1H3,(H,17,18). The van der Waals surface area contributed by atoms with E-state index in [2.05, 4.69) is 9.97 Å². The van der Waals surface area contributed by atoms with E-state index in [-0.39, 0.29) is 0 Å². The van der Waals surface area contributed by atoms with Crippen molar-refractivity contribution in [2.45, 2.75) is 12.8 Å². The van der Waals surface area contributed by atoms with Crippen LogP contribution in [0.4, 0.5) is 0 Å². The van der Waals surface area contributed by atoms with Gasteiger partial charge in [0.2, 0.25) is 0 Å². The number of hydrogen-bond acceptors (Lipinski definition) is 3. The summed E-state index contributed by atoms with van der Waals surface area (Å²) < 4.78 is 0. The molecule has 0 amide bonds. The summed E-state index contributed by atoms with van der Waals surface area (Å²) >= 11 is 5.81. The Labute approximate surface area is 109 Å². The van der Waals surface area contributed by atoms with Gasteiger partial charge in [-0.1, -0.05) is 23.7 Å². The van der Waals surface area contributed by atoms with E-state index in [1.165, 1.54) is 6.20 Å². The zero-order valence-electron chi connectivity index (χ0n) is 9.67. The van der Waals surface area contributed by atoms with Crippen molar-refractivity contribution in [1.29, 1.82) is 0 Å². The molecule has 1 unspecified atom stereocenters. The number of carboxylic acids is 1. The van der Waals surface area contributed by atoms with E-state index in [4.69, 9.17) is 16.7 Å². The number of halogens is 1. The summed E-state index contributed by atoms with van der Waals surface area (Å²) in [7, 11) is 0. The minimum atomic E-state index is -0.919. The van der Waals surface area contributed by atoms with Gasteiger partial charge >= 0.3 is 5.97 Å². The van der Waals surface area contributed by atoms with Gasteiger partial charge in [0.1, 0.15) is 0 Å². The zero-order valence-corrected chi connectivity index (χ0v) is 10.4. The molecular weight excluding hydrogens is 252 g/mol. The van der Waals surface area contributed by atoms with Crippen LogP contribution in [-0.2, 0) is 4.79 Å². The van der Waals surface area contributed by atoms with E-state index in [1.54, 1.807) is 25.3 Å². The predicted octanol–water partition coefficient (Wildman–Crippen LogP) is 2.99. The Balaban J connectivity index is 2.38. The van der Waals surface area contributed by atoms with E-state index in [1.807, 2.05) is 12.1 Å². The molecule has 1 heterocycles. The van der Waals surface area contributed by atoms with Crippen LogP contribution in [0.2, 0.25) is 5.02 Å². The summed E-state index contributed by atoms with van der Waals surface area (Å²) in [5.74, 6) is -1.60. The molecule has 0 aliphatic heterocycles. The van der Waals surface area contributed by atoms with Gasteiger partial charge in [0, 0.05) is 16.8 Å². The number of rotatable bonds is 3. The molecule has 0 saturated heterocycles. The van der Waals surface area contributed by atoms with Crippen LogP contribution in [0.3, 0.4) is 0 Å². The third kappa shape index (κ3) is 2.65. The van der Waals surface area contributed by atoms with Gasteiger partial charge in [-0.25, -0.2) is 4.98 Å². The topological polar surface area (TPSA) is 63.1 Å². The quantitative estimate of drug-likeness (QED) is 0.924. The monoisotopic (exact) mass is 262 g/mol. The minimum absolute atomic E-state index is 0.440. The lowest BCUT2D eigenvalue weighted by Crippen LogP contribution is -2.10. The summed E-state index contributed by atoms with van der Waals surface area (Å²) in [5, 5.41) is 9.59. The average molecular weight is 263 g/mol. The maximum absolute atomic E-state index is 10.9. The molecule has 4 nitrogen and oxygen atoms in total. The predicted molar refractivity (Wildman–Crippen MR) is 68.5 cm³/mol.